The largest absolute Gasteiger partial charge is 0.300 e. The minimum Gasteiger partial charge on any atom is -0.300 e. The Morgan fingerprint density at radius 3 is 2.27 bits per heavy atom. The third-order valence-electron chi connectivity index (χ3n) is 3.80. The standard InChI is InChI=1S/C13H25NO/c1-5-14(12-8-6-7-9-12)10-13(3,4)11(2)15/h12H,5-10H2,1-4H3. The summed E-state index contributed by atoms with van der Waals surface area (Å²) in [6.45, 7) is 10.0. The summed E-state index contributed by atoms with van der Waals surface area (Å²) >= 11 is 0. The number of carbonyl (C=O) groups is 1. The van der Waals surface area contributed by atoms with E-state index in [0.29, 0.717) is 5.78 Å². The Kier molecular flexibility index (Phi) is 4.32. The summed E-state index contributed by atoms with van der Waals surface area (Å²) in [6, 6.07) is 0.730. The van der Waals surface area contributed by atoms with Crippen LogP contribution in [0.3, 0.4) is 0 Å². The highest BCUT2D eigenvalue weighted by Gasteiger charge is 2.30. The molecule has 0 bridgehead atoms. The van der Waals surface area contributed by atoms with Crippen LogP contribution >= 0.6 is 0 Å². The Morgan fingerprint density at radius 2 is 1.87 bits per heavy atom. The van der Waals surface area contributed by atoms with E-state index in [2.05, 4.69) is 25.7 Å². The normalized spacial score (nSPS) is 18.7. The fourth-order valence-corrected chi connectivity index (χ4v) is 2.39. The maximum atomic E-state index is 11.5. The maximum absolute atomic E-state index is 11.5. The van der Waals surface area contributed by atoms with E-state index in [1.165, 1.54) is 25.7 Å². The number of hydrogen-bond acceptors (Lipinski definition) is 2. The van der Waals surface area contributed by atoms with Gasteiger partial charge in [-0.3, -0.25) is 9.69 Å². The van der Waals surface area contributed by atoms with Crippen molar-refractivity contribution in [3.63, 3.8) is 0 Å². The van der Waals surface area contributed by atoms with E-state index in [9.17, 15) is 4.79 Å². The van der Waals surface area contributed by atoms with Crippen LogP contribution in [-0.2, 0) is 4.79 Å². The third kappa shape index (κ3) is 3.30. The lowest BCUT2D eigenvalue weighted by atomic mass is 9.87. The average Bonchev–Trinajstić information content (AvgIpc) is 2.66. The van der Waals surface area contributed by atoms with Gasteiger partial charge in [-0.2, -0.15) is 0 Å². The number of rotatable bonds is 5. The van der Waals surface area contributed by atoms with Crippen LogP contribution in [0, 0.1) is 5.41 Å². The molecule has 1 aliphatic rings. The van der Waals surface area contributed by atoms with Crippen molar-refractivity contribution in [2.45, 2.75) is 59.4 Å². The van der Waals surface area contributed by atoms with Gasteiger partial charge in [0.1, 0.15) is 5.78 Å². The Morgan fingerprint density at radius 1 is 1.33 bits per heavy atom. The molecule has 1 rings (SSSR count). The number of nitrogens with zero attached hydrogens (tertiary/aromatic N) is 1. The second-order valence-electron chi connectivity index (χ2n) is 5.44. The molecule has 0 amide bonds. The number of carbonyl (C=O) groups excluding carboxylic acids is 1. The Labute approximate surface area is 94.0 Å². The van der Waals surface area contributed by atoms with Gasteiger partial charge in [0.2, 0.25) is 0 Å². The van der Waals surface area contributed by atoms with E-state index >= 15 is 0 Å². The molecule has 2 nitrogen and oxygen atoms in total. The lowest BCUT2D eigenvalue weighted by Crippen LogP contribution is -2.42. The summed E-state index contributed by atoms with van der Waals surface area (Å²) in [5.41, 5.74) is -0.182. The van der Waals surface area contributed by atoms with Crippen LogP contribution in [0.1, 0.15) is 53.4 Å². The summed E-state index contributed by atoms with van der Waals surface area (Å²) in [5.74, 6) is 0.305. The van der Waals surface area contributed by atoms with Crippen LogP contribution in [0.15, 0.2) is 0 Å². The van der Waals surface area contributed by atoms with Gasteiger partial charge in [-0.15, -0.1) is 0 Å². The van der Waals surface area contributed by atoms with E-state index in [1.807, 2.05) is 0 Å². The molecule has 1 aliphatic carbocycles. The molecule has 0 heterocycles. The first-order valence-corrected chi connectivity index (χ1v) is 6.22. The highest BCUT2D eigenvalue weighted by atomic mass is 16.1. The Bertz CT molecular complexity index is 217. The highest BCUT2D eigenvalue weighted by Crippen LogP contribution is 2.27. The van der Waals surface area contributed by atoms with Gasteiger partial charge in [0, 0.05) is 18.0 Å². The Hall–Kier alpha value is -0.370. The van der Waals surface area contributed by atoms with Crippen molar-refractivity contribution in [2.24, 2.45) is 5.41 Å². The lowest BCUT2D eigenvalue weighted by Gasteiger charge is -2.34. The monoisotopic (exact) mass is 211 g/mol. The first-order chi connectivity index (χ1) is 6.97. The van der Waals surface area contributed by atoms with Gasteiger partial charge >= 0.3 is 0 Å². The molecule has 88 valence electrons. The van der Waals surface area contributed by atoms with Crippen molar-refractivity contribution in [2.75, 3.05) is 13.1 Å². The van der Waals surface area contributed by atoms with Gasteiger partial charge in [0.15, 0.2) is 0 Å². The summed E-state index contributed by atoms with van der Waals surface area (Å²) in [7, 11) is 0. The molecule has 0 unspecified atom stereocenters. The molecule has 0 aromatic heterocycles. The van der Waals surface area contributed by atoms with E-state index in [1.54, 1.807) is 6.92 Å². The summed E-state index contributed by atoms with van der Waals surface area (Å²) in [4.78, 5) is 14.0. The first kappa shape index (κ1) is 12.7. The predicted octanol–water partition coefficient (Wildman–Crippen LogP) is 2.87. The van der Waals surface area contributed by atoms with Gasteiger partial charge < -0.3 is 0 Å². The third-order valence-corrected chi connectivity index (χ3v) is 3.80. The van der Waals surface area contributed by atoms with E-state index in [0.717, 1.165) is 19.1 Å². The van der Waals surface area contributed by atoms with Crippen molar-refractivity contribution >= 4 is 5.78 Å². The van der Waals surface area contributed by atoms with Crippen LogP contribution < -0.4 is 0 Å². The zero-order valence-electron chi connectivity index (χ0n) is 10.7. The molecule has 0 N–H and O–H groups in total. The first-order valence-electron chi connectivity index (χ1n) is 6.22. The van der Waals surface area contributed by atoms with E-state index in [-0.39, 0.29) is 5.41 Å². The van der Waals surface area contributed by atoms with Gasteiger partial charge in [-0.05, 0) is 26.3 Å². The maximum Gasteiger partial charge on any atom is 0.136 e. The molecular formula is C13H25NO. The van der Waals surface area contributed by atoms with Crippen LogP contribution in [0.25, 0.3) is 0 Å². The molecular weight excluding hydrogens is 186 g/mol. The second kappa shape index (κ2) is 5.11. The molecule has 0 aromatic carbocycles. The molecule has 0 atom stereocenters. The van der Waals surface area contributed by atoms with Crippen LogP contribution in [0.5, 0.6) is 0 Å². The van der Waals surface area contributed by atoms with Crippen molar-refractivity contribution < 1.29 is 4.79 Å². The molecule has 0 radical (unpaired) electrons. The zero-order valence-corrected chi connectivity index (χ0v) is 10.7. The molecule has 0 aliphatic heterocycles. The topological polar surface area (TPSA) is 20.3 Å². The van der Waals surface area contributed by atoms with E-state index in [4.69, 9.17) is 0 Å². The molecule has 1 saturated carbocycles. The summed E-state index contributed by atoms with van der Waals surface area (Å²) < 4.78 is 0. The quantitative estimate of drug-likeness (QED) is 0.697. The van der Waals surface area contributed by atoms with Gasteiger partial charge in [0.25, 0.3) is 0 Å². The SMILES string of the molecule is CCN(CC(C)(C)C(C)=O)C1CCCC1. The average molecular weight is 211 g/mol. The van der Waals surface area contributed by atoms with Crippen LogP contribution in [0.2, 0.25) is 0 Å². The van der Waals surface area contributed by atoms with Crippen molar-refractivity contribution in [3.8, 4) is 0 Å². The fourth-order valence-electron chi connectivity index (χ4n) is 2.39. The van der Waals surface area contributed by atoms with Crippen molar-refractivity contribution in [3.05, 3.63) is 0 Å². The second-order valence-corrected chi connectivity index (χ2v) is 5.44. The van der Waals surface area contributed by atoms with Crippen LogP contribution in [-0.4, -0.2) is 29.8 Å². The van der Waals surface area contributed by atoms with Crippen LogP contribution in [0.4, 0.5) is 0 Å². The minimum atomic E-state index is -0.182. The highest BCUT2D eigenvalue weighted by molar-refractivity contribution is 5.81. The molecule has 0 aromatic rings. The smallest absolute Gasteiger partial charge is 0.136 e. The van der Waals surface area contributed by atoms with Crippen molar-refractivity contribution in [1.29, 1.82) is 0 Å². The molecule has 1 fully saturated rings. The number of Topliss-reactive ketones (excluding diaryl/α,β-unsaturated/α-hetero) is 1. The van der Waals surface area contributed by atoms with Gasteiger partial charge in [-0.25, -0.2) is 0 Å². The molecule has 15 heavy (non-hydrogen) atoms. The van der Waals surface area contributed by atoms with E-state index < -0.39 is 0 Å². The lowest BCUT2D eigenvalue weighted by molar-refractivity contribution is -0.126. The fraction of sp³-hybridized carbons (Fsp3) is 0.923. The number of hydrogen-bond donors (Lipinski definition) is 0. The Balaban J connectivity index is 2.56. The predicted molar refractivity (Wildman–Crippen MR) is 64.0 cm³/mol. The number of ketones is 1. The van der Waals surface area contributed by atoms with Gasteiger partial charge in [0.05, 0.1) is 0 Å². The summed E-state index contributed by atoms with van der Waals surface area (Å²) in [5, 5.41) is 0. The molecule has 0 spiro atoms. The van der Waals surface area contributed by atoms with Gasteiger partial charge in [-0.1, -0.05) is 33.6 Å². The summed E-state index contributed by atoms with van der Waals surface area (Å²) in [6.07, 6.45) is 5.37. The van der Waals surface area contributed by atoms with Crippen molar-refractivity contribution in [1.82, 2.24) is 4.90 Å². The molecule has 2 heteroatoms. The zero-order chi connectivity index (χ0) is 11.5. The minimum absolute atomic E-state index is 0.182. The molecule has 0 saturated heterocycles.